The molecule has 3 fully saturated rings. The number of nitrogens with one attached hydrogen (secondary N) is 1. The van der Waals surface area contributed by atoms with Crippen molar-refractivity contribution in [3.8, 4) is 0 Å². The molecule has 5 nitrogen and oxygen atoms in total. The molecule has 190 valence electrons. The second-order valence-corrected chi connectivity index (χ2v) is 10.3. The Labute approximate surface area is 212 Å². The zero-order valence-corrected chi connectivity index (χ0v) is 20.8. The van der Waals surface area contributed by atoms with Crippen molar-refractivity contribution in [1.82, 2.24) is 10.2 Å². The molecule has 0 radical (unpaired) electrons. The number of benzene rings is 2. The van der Waals surface area contributed by atoms with Gasteiger partial charge in [-0.3, -0.25) is 9.59 Å². The number of carbonyl (C=O) groups excluding carboxylic acids is 2. The first-order valence-corrected chi connectivity index (χ1v) is 13.4. The molecule has 0 spiro atoms. The summed E-state index contributed by atoms with van der Waals surface area (Å²) in [6.07, 6.45) is 12.4. The van der Waals surface area contributed by atoms with Gasteiger partial charge in [-0.2, -0.15) is 0 Å². The van der Waals surface area contributed by atoms with Crippen molar-refractivity contribution in [1.29, 1.82) is 0 Å². The van der Waals surface area contributed by atoms with Crippen molar-refractivity contribution in [3.63, 3.8) is 0 Å². The SMILES string of the molecule is O=C(NC1CCCCCC1)c1ccc(/C=C2\OC3CCCCC3N(Cc3ccccc3F)C2=O)cc1. The van der Waals surface area contributed by atoms with Gasteiger partial charge >= 0.3 is 0 Å². The minimum absolute atomic E-state index is 0.0435. The topological polar surface area (TPSA) is 58.6 Å². The molecule has 1 saturated heterocycles. The highest BCUT2D eigenvalue weighted by Crippen LogP contribution is 2.34. The molecule has 2 aliphatic carbocycles. The van der Waals surface area contributed by atoms with Gasteiger partial charge in [-0.05, 0) is 61.9 Å². The van der Waals surface area contributed by atoms with Crippen molar-refractivity contribution in [2.24, 2.45) is 0 Å². The number of amides is 2. The summed E-state index contributed by atoms with van der Waals surface area (Å²) in [5, 5.41) is 3.18. The highest BCUT2D eigenvalue weighted by atomic mass is 19.1. The van der Waals surface area contributed by atoms with E-state index in [1.165, 1.54) is 31.7 Å². The minimum atomic E-state index is -0.299. The number of hydrogen-bond acceptors (Lipinski definition) is 3. The fraction of sp³-hybridized carbons (Fsp3) is 0.467. The molecule has 36 heavy (non-hydrogen) atoms. The first kappa shape index (κ1) is 24.5. The molecule has 1 heterocycles. The third kappa shape index (κ3) is 5.63. The second kappa shape index (κ2) is 11.3. The van der Waals surface area contributed by atoms with E-state index in [4.69, 9.17) is 4.74 Å². The van der Waals surface area contributed by atoms with Crippen LogP contribution in [0.25, 0.3) is 6.08 Å². The fourth-order valence-corrected chi connectivity index (χ4v) is 5.75. The van der Waals surface area contributed by atoms with Gasteiger partial charge in [-0.1, -0.05) is 62.4 Å². The van der Waals surface area contributed by atoms with E-state index in [0.29, 0.717) is 11.1 Å². The molecular formula is C30H35FN2O3. The third-order valence-electron chi connectivity index (χ3n) is 7.78. The number of morpholine rings is 1. The predicted molar refractivity (Wildman–Crippen MR) is 137 cm³/mol. The van der Waals surface area contributed by atoms with Crippen LogP contribution < -0.4 is 5.32 Å². The Bertz CT molecular complexity index is 1110. The summed E-state index contributed by atoms with van der Waals surface area (Å²) in [5.74, 6) is -0.277. The molecule has 2 aromatic rings. The number of nitrogens with zero attached hydrogens (tertiary/aromatic N) is 1. The Hall–Kier alpha value is -3.15. The predicted octanol–water partition coefficient (Wildman–Crippen LogP) is 5.99. The molecule has 2 unspecified atom stereocenters. The van der Waals surface area contributed by atoms with E-state index in [1.807, 2.05) is 12.1 Å². The molecular weight excluding hydrogens is 455 g/mol. The van der Waals surface area contributed by atoms with Crippen LogP contribution in [0.3, 0.4) is 0 Å². The number of carbonyl (C=O) groups is 2. The summed E-state index contributed by atoms with van der Waals surface area (Å²) in [4.78, 5) is 28.0. The average molecular weight is 491 g/mol. The Morgan fingerprint density at radius 3 is 2.39 bits per heavy atom. The van der Waals surface area contributed by atoms with Gasteiger partial charge in [0, 0.05) is 23.7 Å². The van der Waals surface area contributed by atoms with E-state index in [2.05, 4.69) is 5.32 Å². The summed E-state index contributed by atoms with van der Waals surface area (Å²) in [6, 6.07) is 14.1. The Balaban J connectivity index is 1.31. The number of halogens is 1. The van der Waals surface area contributed by atoms with E-state index in [9.17, 15) is 14.0 Å². The Morgan fingerprint density at radius 2 is 1.64 bits per heavy atom. The second-order valence-electron chi connectivity index (χ2n) is 10.3. The Morgan fingerprint density at radius 1 is 0.944 bits per heavy atom. The van der Waals surface area contributed by atoms with Crippen molar-refractivity contribution in [2.45, 2.75) is 88.9 Å². The van der Waals surface area contributed by atoms with Gasteiger partial charge in [0.25, 0.3) is 11.8 Å². The van der Waals surface area contributed by atoms with Crippen LogP contribution in [0.15, 0.2) is 54.3 Å². The number of ether oxygens (including phenoxy) is 1. The first-order chi connectivity index (χ1) is 17.6. The number of hydrogen-bond donors (Lipinski definition) is 1. The Kier molecular flexibility index (Phi) is 7.69. The van der Waals surface area contributed by atoms with E-state index in [-0.39, 0.29) is 48.1 Å². The van der Waals surface area contributed by atoms with Crippen LogP contribution in [0.4, 0.5) is 4.39 Å². The smallest absolute Gasteiger partial charge is 0.289 e. The van der Waals surface area contributed by atoms with Crippen LogP contribution in [0.1, 0.15) is 85.7 Å². The maximum atomic E-state index is 14.4. The van der Waals surface area contributed by atoms with E-state index in [1.54, 1.807) is 41.3 Å². The number of rotatable bonds is 5. The summed E-state index contributed by atoms with van der Waals surface area (Å²) >= 11 is 0. The summed E-state index contributed by atoms with van der Waals surface area (Å²) in [7, 11) is 0. The molecule has 3 aliphatic rings. The fourth-order valence-electron chi connectivity index (χ4n) is 5.75. The maximum Gasteiger partial charge on any atom is 0.289 e. The van der Waals surface area contributed by atoms with Crippen LogP contribution in [0.2, 0.25) is 0 Å². The first-order valence-electron chi connectivity index (χ1n) is 13.4. The molecule has 0 bridgehead atoms. The molecule has 2 aromatic carbocycles. The standard InChI is InChI=1S/C30H35FN2O3/c31-25-12-6-5-9-23(25)20-33-26-13-7-8-14-27(26)36-28(30(33)35)19-21-15-17-22(18-16-21)29(34)32-24-10-3-1-2-4-11-24/h5-6,9,12,15-19,24,26-27H,1-4,7-8,10-11,13-14,20H2,(H,32,34)/b28-19-. The normalized spacial score (nSPS) is 24.1. The molecule has 2 atom stereocenters. The van der Waals surface area contributed by atoms with Crippen molar-refractivity contribution >= 4 is 17.9 Å². The lowest BCUT2D eigenvalue weighted by Gasteiger charge is -2.44. The van der Waals surface area contributed by atoms with Gasteiger partial charge in [0.2, 0.25) is 0 Å². The van der Waals surface area contributed by atoms with Gasteiger partial charge in [0.1, 0.15) is 11.9 Å². The highest BCUT2D eigenvalue weighted by Gasteiger charge is 2.41. The van der Waals surface area contributed by atoms with Gasteiger partial charge in [-0.25, -0.2) is 4.39 Å². The van der Waals surface area contributed by atoms with Gasteiger partial charge in [-0.15, -0.1) is 0 Å². The summed E-state index contributed by atoms with van der Waals surface area (Å²) in [5.41, 5.74) is 1.93. The average Bonchev–Trinajstić information content (AvgIpc) is 3.16. The van der Waals surface area contributed by atoms with Crippen LogP contribution >= 0.6 is 0 Å². The van der Waals surface area contributed by atoms with E-state index < -0.39 is 0 Å². The molecule has 6 heteroatoms. The van der Waals surface area contributed by atoms with E-state index in [0.717, 1.165) is 44.1 Å². The zero-order chi connectivity index (χ0) is 24.9. The lowest BCUT2D eigenvalue weighted by molar-refractivity contribution is -0.149. The largest absolute Gasteiger partial charge is 0.482 e. The van der Waals surface area contributed by atoms with E-state index >= 15 is 0 Å². The molecule has 2 amide bonds. The zero-order valence-electron chi connectivity index (χ0n) is 20.8. The van der Waals surface area contributed by atoms with Gasteiger partial charge in [0.15, 0.2) is 5.76 Å². The van der Waals surface area contributed by atoms with Crippen LogP contribution in [0, 0.1) is 5.82 Å². The monoisotopic (exact) mass is 490 g/mol. The molecule has 2 saturated carbocycles. The van der Waals surface area contributed by atoms with Crippen molar-refractivity contribution in [2.75, 3.05) is 0 Å². The summed E-state index contributed by atoms with van der Waals surface area (Å²) < 4.78 is 20.6. The quantitative estimate of drug-likeness (QED) is 0.414. The van der Waals surface area contributed by atoms with Gasteiger partial charge in [0.05, 0.1) is 6.04 Å². The van der Waals surface area contributed by atoms with Crippen LogP contribution in [-0.2, 0) is 16.1 Å². The highest BCUT2D eigenvalue weighted by molar-refractivity contribution is 5.97. The minimum Gasteiger partial charge on any atom is -0.482 e. The molecule has 1 aliphatic heterocycles. The lowest BCUT2D eigenvalue weighted by Crippen LogP contribution is -2.54. The van der Waals surface area contributed by atoms with Crippen LogP contribution in [-0.4, -0.2) is 34.9 Å². The summed E-state index contributed by atoms with van der Waals surface area (Å²) in [6.45, 7) is 0.230. The van der Waals surface area contributed by atoms with Crippen LogP contribution in [0.5, 0.6) is 0 Å². The molecule has 5 rings (SSSR count). The molecule has 0 aromatic heterocycles. The lowest BCUT2D eigenvalue weighted by atomic mass is 9.89. The van der Waals surface area contributed by atoms with Crippen molar-refractivity contribution < 1.29 is 18.7 Å². The third-order valence-corrected chi connectivity index (χ3v) is 7.78. The van der Waals surface area contributed by atoms with Crippen molar-refractivity contribution in [3.05, 3.63) is 76.8 Å². The maximum absolute atomic E-state index is 14.4. The number of fused-ring (bicyclic) bond motifs is 1. The molecule has 1 N–H and O–H groups in total. The van der Waals surface area contributed by atoms with Gasteiger partial charge < -0.3 is 15.0 Å².